The molecule has 0 atom stereocenters. The zero-order chi connectivity index (χ0) is 16.1. The summed E-state index contributed by atoms with van der Waals surface area (Å²) in [5.74, 6) is -0.476. The van der Waals surface area contributed by atoms with Crippen LogP contribution in [0.1, 0.15) is 16.7 Å². The summed E-state index contributed by atoms with van der Waals surface area (Å²) in [7, 11) is 0. The van der Waals surface area contributed by atoms with Crippen LogP contribution in [0.3, 0.4) is 0 Å². The molecule has 0 unspecified atom stereocenters. The van der Waals surface area contributed by atoms with Crippen molar-refractivity contribution in [3.05, 3.63) is 69.8 Å². The quantitative estimate of drug-likeness (QED) is 0.670. The molecule has 1 N–H and O–H groups in total. The van der Waals surface area contributed by atoms with Gasteiger partial charge in [0.25, 0.3) is 5.91 Å². The zero-order valence-corrected chi connectivity index (χ0v) is 13.1. The van der Waals surface area contributed by atoms with Crippen LogP contribution in [0.2, 0.25) is 5.02 Å². The Labute approximate surface area is 134 Å². The Kier molecular flexibility index (Phi) is 4.98. The lowest BCUT2D eigenvalue weighted by Gasteiger charge is -2.07. The Morgan fingerprint density at radius 1 is 1.23 bits per heavy atom. The van der Waals surface area contributed by atoms with Crippen molar-refractivity contribution < 1.29 is 4.79 Å². The largest absolute Gasteiger partial charge is 0.320 e. The smallest absolute Gasteiger partial charge is 0.266 e. The summed E-state index contributed by atoms with van der Waals surface area (Å²) in [6.07, 6.45) is 1.58. The number of nitriles is 1. The number of para-hydroxylation sites is 1. The highest BCUT2D eigenvalue weighted by molar-refractivity contribution is 6.34. The maximum atomic E-state index is 12.2. The number of hydrogen-bond donors (Lipinski definition) is 1. The standard InChI is InChI=1S/C18H15ClN2O/c1-12-7-8-14(13(2)9-12)10-15(11-20)18(22)21-17-6-4-3-5-16(17)19/h3-10H,1-2H3,(H,21,22)/b15-10+. The van der Waals surface area contributed by atoms with Crippen molar-refractivity contribution in [2.45, 2.75) is 13.8 Å². The van der Waals surface area contributed by atoms with Crippen LogP contribution in [0.15, 0.2) is 48.0 Å². The molecule has 0 aliphatic carbocycles. The molecule has 0 fully saturated rings. The zero-order valence-electron chi connectivity index (χ0n) is 12.4. The fraction of sp³-hybridized carbons (Fsp3) is 0.111. The van der Waals surface area contributed by atoms with E-state index in [9.17, 15) is 10.1 Å². The van der Waals surface area contributed by atoms with Crippen LogP contribution in [0, 0.1) is 25.2 Å². The van der Waals surface area contributed by atoms with Gasteiger partial charge in [-0.05, 0) is 43.2 Å². The van der Waals surface area contributed by atoms with Crippen LogP contribution in [0.25, 0.3) is 6.08 Å². The third-order valence-corrected chi connectivity index (χ3v) is 3.54. The summed E-state index contributed by atoms with van der Waals surface area (Å²) in [5.41, 5.74) is 3.51. The van der Waals surface area contributed by atoms with E-state index in [-0.39, 0.29) is 5.57 Å². The molecule has 0 saturated heterocycles. The summed E-state index contributed by atoms with van der Waals surface area (Å²) >= 11 is 6.00. The van der Waals surface area contributed by atoms with Crippen molar-refractivity contribution >= 4 is 29.3 Å². The average Bonchev–Trinajstić information content (AvgIpc) is 2.49. The van der Waals surface area contributed by atoms with Crippen molar-refractivity contribution in [1.82, 2.24) is 0 Å². The number of halogens is 1. The number of nitrogens with one attached hydrogen (secondary N) is 1. The number of carbonyl (C=O) groups is 1. The highest BCUT2D eigenvalue weighted by atomic mass is 35.5. The van der Waals surface area contributed by atoms with Gasteiger partial charge in [-0.25, -0.2) is 0 Å². The molecule has 4 heteroatoms. The normalized spacial score (nSPS) is 10.9. The lowest BCUT2D eigenvalue weighted by molar-refractivity contribution is -0.112. The fourth-order valence-electron chi connectivity index (χ4n) is 2.04. The molecule has 0 aliphatic rings. The molecule has 0 saturated carbocycles. The third-order valence-electron chi connectivity index (χ3n) is 3.21. The van der Waals surface area contributed by atoms with Gasteiger partial charge in [-0.2, -0.15) is 5.26 Å². The SMILES string of the molecule is Cc1ccc(/C=C(\C#N)C(=O)Nc2ccccc2Cl)c(C)c1. The summed E-state index contributed by atoms with van der Waals surface area (Å²) < 4.78 is 0. The molecule has 0 radical (unpaired) electrons. The van der Waals surface area contributed by atoms with Crippen LogP contribution >= 0.6 is 11.6 Å². The van der Waals surface area contributed by atoms with Crippen molar-refractivity contribution in [2.75, 3.05) is 5.32 Å². The van der Waals surface area contributed by atoms with E-state index in [1.165, 1.54) is 0 Å². The minimum Gasteiger partial charge on any atom is -0.320 e. The maximum absolute atomic E-state index is 12.2. The van der Waals surface area contributed by atoms with E-state index in [0.717, 1.165) is 16.7 Å². The van der Waals surface area contributed by atoms with E-state index in [1.807, 2.05) is 38.1 Å². The van der Waals surface area contributed by atoms with Crippen molar-refractivity contribution in [2.24, 2.45) is 0 Å². The first-order valence-electron chi connectivity index (χ1n) is 6.76. The second kappa shape index (κ2) is 6.93. The summed E-state index contributed by atoms with van der Waals surface area (Å²) in [5, 5.41) is 12.3. The minimum atomic E-state index is -0.476. The Morgan fingerprint density at radius 3 is 2.59 bits per heavy atom. The Bertz CT molecular complexity index is 788. The predicted molar refractivity (Wildman–Crippen MR) is 89.6 cm³/mol. The van der Waals surface area contributed by atoms with E-state index in [0.29, 0.717) is 10.7 Å². The second-order valence-corrected chi connectivity index (χ2v) is 5.37. The van der Waals surface area contributed by atoms with Gasteiger partial charge in [0.1, 0.15) is 11.6 Å². The van der Waals surface area contributed by atoms with E-state index >= 15 is 0 Å². The number of nitrogens with zero attached hydrogens (tertiary/aromatic N) is 1. The molecule has 0 aliphatic heterocycles. The summed E-state index contributed by atoms with van der Waals surface area (Å²) in [6, 6.07) is 14.7. The minimum absolute atomic E-state index is 0.0341. The number of amides is 1. The monoisotopic (exact) mass is 310 g/mol. The van der Waals surface area contributed by atoms with Crippen LogP contribution in [0.5, 0.6) is 0 Å². The van der Waals surface area contributed by atoms with Gasteiger partial charge in [-0.3, -0.25) is 4.79 Å². The molecule has 0 spiro atoms. The topological polar surface area (TPSA) is 52.9 Å². The molecule has 2 aromatic rings. The molecule has 22 heavy (non-hydrogen) atoms. The molecule has 1 amide bonds. The predicted octanol–water partition coefficient (Wildman–Crippen LogP) is 4.50. The maximum Gasteiger partial charge on any atom is 0.266 e. The first-order valence-corrected chi connectivity index (χ1v) is 7.14. The first kappa shape index (κ1) is 15.8. The molecule has 0 heterocycles. The summed E-state index contributed by atoms with van der Waals surface area (Å²) in [4.78, 5) is 12.2. The van der Waals surface area contributed by atoms with Gasteiger partial charge in [-0.15, -0.1) is 0 Å². The average molecular weight is 311 g/mol. The first-order chi connectivity index (χ1) is 10.5. The van der Waals surface area contributed by atoms with Crippen LogP contribution in [-0.4, -0.2) is 5.91 Å². The van der Waals surface area contributed by atoms with E-state index in [2.05, 4.69) is 5.32 Å². The highest BCUT2D eigenvalue weighted by Crippen LogP contribution is 2.21. The number of rotatable bonds is 3. The van der Waals surface area contributed by atoms with Gasteiger partial charge in [0.15, 0.2) is 0 Å². The number of carbonyl (C=O) groups excluding carboxylic acids is 1. The van der Waals surface area contributed by atoms with Crippen LogP contribution in [0.4, 0.5) is 5.69 Å². The molecular weight excluding hydrogens is 296 g/mol. The molecule has 3 nitrogen and oxygen atoms in total. The molecule has 2 aromatic carbocycles. The van der Waals surface area contributed by atoms with Crippen molar-refractivity contribution in [3.63, 3.8) is 0 Å². The van der Waals surface area contributed by atoms with Crippen LogP contribution < -0.4 is 5.32 Å². The molecule has 2 rings (SSSR count). The third kappa shape index (κ3) is 3.75. The van der Waals surface area contributed by atoms with E-state index in [1.54, 1.807) is 30.3 Å². The molecule has 110 valence electrons. The number of hydrogen-bond acceptors (Lipinski definition) is 2. The van der Waals surface area contributed by atoms with Crippen molar-refractivity contribution in [3.8, 4) is 6.07 Å². The Balaban J connectivity index is 2.28. The van der Waals surface area contributed by atoms with Gasteiger partial charge < -0.3 is 5.32 Å². The molecule has 0 bridgehead atoms. The van der Waals surface area contributed by atoms with Gasteiger partial charge in [0, 0.05) is 0 Å². The molecule has 0 aromatic heterocycles. The van der Waals surface area contributed by atoms with Crippen LogP contribution in [-0.2, 0) is 4.79 Å². The van der Waals surface area contributed by atoms with E-state index < -0.39 is 5.91 Å². The van der Waals surface area contributed by atoms with E-state index in [4.69, 9.17) is 11.6 Å². The number of anilines is 1. The lowest BCUT2D eigenvalue weighted by atomic mass is 10.0. The van der Waals surface area contributed by atoms with Gasteiger partial charge in [0.05, 0.1) is 10.7 Å². The molecular formula is C18H15ClN2O. The fourth-order valence-corrected chi connectivity index (χ4v) is 2.23. The van der Waals surface area contributed by atoms with Gasteiger partial charge in [0.2, 0.25) is 0 Å². The Hall–Kier alpha value is -2.57. The summed E-state index contributed by atoms with van der Waals surface area (Å²) in [6.45, 7) is 3.94. The van der Waals surface area contributed by atoms with Gasteiger partial charge in [-0.1, -0.05) is 47.5 Å². The van der Waals surface area contributed by atoms with Gasteiger partial charge >= 0.3 is 0 Å². The Morgan fingerprint density at radius 2 is 1.95 bits per heavy atom. The highest BCUT2D eigenvalue weighted by Gasteiger charge is 2.11. The number of benzene rings is 2. The van der Waals surface area contributed by atoms with Crippen molar-refractivity contribution in [1.29, 1.82) is 5.26 Å². The second-order valence-electron chi connectivity index (χ2n) is 4.96. The number of aryl methyl sites for hydroxylation is 2. The lowest BCUT2D eigenvalue weighted by Crippen LogP contribution is -2.13.